The molecule has 0 aromatic carbocycles. The van der Waals surface area contributed by atoms with E-state index in [9.17, 15) is 24.6 Å². The van der Waals surface area contributed by atoms with Crippen LogP contribution in [-0.2, 0) is 19.1 Å². The van der Waals surface area contributed by atoms with Gasteiger partial charge in [-0.1, -0.05) is 367 Å². The summed E-state index contributed by atoms with van der Waals surface area (Å²) in [5.41, 5.74) is 0. The highest BCUT2D eigenvalue weighted by atomic mass is 16.5. The molecule has 0 saturated carbocycles. The van der Waals surface area contributed by atoms with E-state index in [1.165, 1.54) is 327 Å². The minimum atomic E-state index is -0.955. The monoisotopic (exact) mass is 1090 g/mol. The van der Waals surface area contributed by atoms with Crippen LogP contribution in [0.3, 0.4) is 0 Å². The van der Waals surface area contributed by atoms with Crippen molar-refractivity contribution in [3.05, 3.63) is 0 Å². The number of unbranched alkanes of at least 4 members (excludes halogenated alkanes) is 54. The standard InChI is InChI=1S/C25H50O4.2C22H44O2/c1-2-3-4-5-6-7-8-9-10-11-12-13-14-15-16-17-18-19-20-21-25(28)29-23-24(27)22-26;2*1-2-3-4-5-6-7-8-9-10-11-12-13-14-15-16-17-18-19-20-21-22(23)24/h24,26-27H,2-23H2,1H3;2*2-21H2,1H3,(H,23,24)/p-2. The molecule has 1 atom stereocenters. The van der Waals surface area contributed by atoms with E-state index in [1.807, 2.05) is 0 Å². The quantitative estimate of drug-likeness (QED) is 0.0452. The van der Waals surface area contributed by atoms with Gasteiger partial charge in [0.2, 0.25) is 0 Å². The highest BCUT2D eigenvalue weighted by Crippen LogP contribution is 2.18. The van der Waals surface area contributed by atoms with Gasteiger partial charge in [0, 0.05) is 18.4 Å². The molecular formula is C69H136O8-2. The Hall–Kier alpha value is -1.67. The second-order valence-electron chi connectivity index (χ2n) is 23.6. The Morgan fingerprint density at radius 1 is 0.286 bits per heavy atom. The molecule has 0 amide bonds. The van der Waals surface area contributed by atoms with Gasteiger partial charge in [0.1, 0.15) is 12.7 Å². The fraction of sp³-hybridized carbons (Fsp3) is 0.957. The van der Waals surface area contributed by atoms with Gasteiger partial charge in [-0.05, 0) is 32.1 Å². The van der Waals surface area contributed by atoms with Crippen LogP contribution in [0.15, 0.2) is 0 Å². The number of aliphatic hydroxyl groups excluding tert-OH is 2. The summed E-state index contributed by atoms with van der Waals surface area (Å²) in [4.78, 5) is 32.0. The molecule has 0 aromatic rings. The molecular weight excluding hydrogens is 957 g/mol. The Kier molecular flexibility index (Phi) is 76.8. The van der Waals surface area contributed by atoms with Crippen LogP contribution in [-0.4, -0.2) is 47.4 Å². The lowest BCUT2D eigenvalue weighted by molar-refractivity contribution is -0.307. The Bertz CT molecular complexity index is 1050. The molecule has 0 heterocycles. The van der Waals surface area contributed by atoms with E-state index in [2.05, 4.69) is 20.8 Å². The van der Waals surface area contributed by atoms with Gasteiger partial charge in [0.05, 0.1) is 6.61 Å². The number of rotatable bonds is 63. The maximum absolute atomic E-state index is 11.4. The molecule has 77 heavy (non-hydrogen) atoms. The molecule has 1 unspecified atom stereocenters. The third-order valence-corrected chi connectivity index (χ3v) is 15.6. The fourth-order valence-corrected chi connectivity index (χ4v) is 10.4. The van der Waals surface area contributed by atoms with Crippen LogP contribution < -0.4 is 10.2 Å². The first-order valence-corrected chi connectivity index (χ1v) is 34.6. The number of esters is 1. The zero-order valence-corrected chi connectivity index (χ0v) is 52.3. The summed E-state index contributed by atoms with van der Waals surface area (Å²) in [6.07, 6.45) is 76.4. The molecule has 0 aliphatic rings. The van der Waals surface area contributed by atoms with Gasteiger partial charge in [-0.3, -0.25) is 4.79 Å². The molecule has 0 bridgehead atoms. The van der Waals surface area contributed by atoms with Crippen molar-refractivity contribution in [3.63, 3.8) is 0 Å². The Morgan fingerprint density at radius 2 is 0.442 bits per heavy atom. The predicted molar refractivity (Wildman–Crippen MR) is 328 cm³/mol. The number of aliphatic hydroxyl groups is 2. The van der Waals surface area contributed by atoms with Crippen molar-refractivity contribution in [2.45, 2.75) is 412 Å². The first-order valence-electron chi connectivity index (χ1n) is 34.6. The van der Waals surface area contributed by atoms with E-state index < -0.39 is 18.0 Å². The second kappa shape index (κ2) is 74.3. The summed E-state index contributed by atoms with van der Waals surface area (Å²) in [7, 11) is 0. The molecule has 0 aliphatic carbocycles. The Balaban J connectivity index is -0.00000107. The molecule has 0 aromatic heterocycles. The third kappa shape index (κ3) is 83.3. The summed E-state index contributed by atoms with van der Waals surface area (Å²) in [5.74, 6) is -2.08. The highest BCUT2D eigenvalue weighted by molar-refractivity contribution is 5.69. The van der Waals surface area contributed by atoms with Crippen LogP contribution in [0.25, 0.3) is 0 Å². The van der Waals surface area contributed by atoms with Crippen LogP contribution in [0.5, 0.6) is 0 Å². The van der Waals surface area contributed by atoms with Gasteiger partial charge < -0.3 is 34.8 Å². The molecule has 0 rings (SSSR count). The molecule has 0 radical (unpaired) electrons. The summed E-state index contributed by atoms with van der Waals surface area (Å²) in [6.45, 7) is 6.37. The topological polar surface area (TPSA) is 147 Å². The number of carbonyl (C=O) groups excluding carboxylic acids is 3. The van der Waals surface area contributed by atoms with Gasteiger partial charge >= 0.3 is 5.97 Å². The van der Waals surface area contributed by atoms with Gasteiger partial charge in [0.25, 0.3) is 0 Å². The summed E-state index contributed by atoms with van der Waals surface area (Å²) < 4.78 is 4.88. The zero-order chi connectivity index (χ0) is 56.9. The second-order valence-corrected chi connectivity index (χ2v) is 23.6. The number of hydrogen-bond acceptors (Lipinski definition) is 8. The van der Waals surface area contributed by atoms with Gasteiger partial charge in [-0.15, -0.1) is 0 Å². The predicted octanol–water partition coefficient (Wildman–Crippen LogP) is 19.8. The number of ether oxygens (including phenoxy) is 1. The third-order valence-electron chi connectivity index (χ3n) is 15.6. The molecule has 0 saturated heterocycles. The van der Waals surface area contributed by atoms with Crippen LogP contribution in [0.2, 0.25) is 0 Å². The number of aliphatic carboxylic acids is 2. The van der Waals surface area contributed by atoms with Crippen LogP contribution in [0.4, 0.5) is 0 Å². The van der Waals surface area contributed by atoms with E-state index in [1.54, 1.807) is 0 Å². The summed E-state index contributed by atoms with van der Waals surface area (Å²) in [6, 6.07) is 0. The maximum Gasteiger partial charge on any atom is 0.305 e. The Labute approximate surface area is 480 Å². The van der Waals surface area contributed by atoms with Gasteiger partial charge in [-0.25, -0.2) is 0 Å². The maximum atomic E-state index is 11.4. The number of carbonyl (C=O) groups is 3. The van der Waals surface area contributed by atoms with Gasteiger partial charge in [-0.2, -0.15) is 0 Å². The summed E-state index contributed by atoms with van der Waals surface area (Å²) in [5, 5.41) is 38.3. The molecule has 8 nitrogen and oxygen atoms in total. The van der Waals surface area contributed by atoms with Crippen molar-refractivity contribution in [1.82, 2.24) is 0 Å². The van der Waals surface area contributed by atoms with Crippen LogP contribution in [0.1, 0.15) is 406 Å². The lowest BCUT2D eigenvalue weighted by Gasteiger charge is -2.08. The van der Waals surface area contributed by atoms with Crippen molar-refractivity contribution in [2.75, 3.05) is 13.2 Å². The molecule has 462 valence electrons. The van der Waals surface area contributed by atoms with Gasteiger partial charge in [0.15, 0.2) is 0 Å². The van der Waals surface area contributed by atoms with Crippen molar-refractivity contribution < 1.29 is 39.5 Å². The average molecular weight is 1090 g/mol. The fourth-order valence-electron chi connectivity index (χ4n) is 10.4. The number of hydrogen-bond donors (Lipinski definition) is 2. The van der Waals surface area contributed by atoms with Crippen molar-refractivity contribution in [2.24, 2.45) is 0 Å². The lowest BCUT2D eigenvalue weighted by Crippen LogP contribution is -2.21. The van der Waals surface area contributed by atoms with E-state index in [4.69, 9.17) is 14.9 Å². The molecule has 2 N–H and O–H groups in total. The highest BCUT2D eigenvalue weighted by Gasteiger charge is 2.07. The van der Waals surface area contributed by atoms with Crippen molar-refractivity contribution in [3.8, 4) is 0 Å². The normalized spacial score (nSPS) is 11.5. The minimum absolute atomic E-state index is 0.103. The molecule has 0 aliphatic heterocycles. The van der Waals surface area contributed by atoms with E-state index in [-0.39, 0.29) is 32.0 Å². The zero-order valence-electron chi connectivity index (χ0n) is 52.3. The number of carboxylic acid groups (broad SMARTS) is 2. The minimum Gasteiger partial charge on any atom is -0.550 e. The molecule has 0 fully saturated rings. The molecule has 0 spiro atoms. The lowest BCUT2D eigenvalue weighted by atomic mass is 10.0. The molecule has 8 heteroatoms. The SMILES string of the molecule is CCCCCCCCCCCCCCCCCCCCCC(=O)OCC(O)CO.CCCCCCCCCCCCCCCCCCCCCC(=O)[O-].CCCCCCCCCCCCCCCCCCCCCC(=O)[O-]. The first kappa shape index (κ1) is 79.6. The Morgan fingerprint density at radius 3 is 0.597 bits per heavy atom. The van der Waals surface area contributed by atoms with Crippen LogP contribution >= 0.6 is 0 Å². The van der Waals surface area contributed by atoms with Crippen molar-refractivity contribution >= 4 is 17.9 Å². The summed E-state index contributed by atoms with van der Waals surface area (Å²) >= 11 is 0. The van der Waals surface area contributed by atoms with E-state index in [0.717, 1.165) is 38.5 Å². The smallest absolute Gasteiger partial charge is 0.305 e. The largest absolute Gasteiger partial charge is 0.550 e. The van der Waals surface area contributed by atoms with E-state index >= 15 is 0 Å². The van der Waals surface area contributed by atoms with Crippen LogP contribution in [0, 0.1) is 0 Å². The average Bonchev–Trinajstić information content (AvgIpc) is 3.42. The van der Waals surface area contributed by atoms with Crippen molar-refractivity contribution in [1.29, 1.82) is 0 Å². The number of carboxylic acids is 2. The first-order chi connectivity index (χ1) is 37.7. The van der Waals surface area contributed by atoms with E-state index in [0.29, 0.717) is 6.42 Å².